The van der Waals surface area contributed by atoms with Crippen molar-refractivity contribution in [2.75, 3.05) is 31.1 Å². The molecule has 122 valence electrons. The number of benzene rings is 1. The molecule has 1 saturated carbocycles. The number of carbonyl (C=O) groups is 1. The van der Waals surface area contributed by atoms with Crippen LogP contribution in [-0.2, 0) is 0 Å². The number of hydrogen-bond acceptors (Lipinski definition) is 5. The third-order valence-corrected chi connectivity index (χ3v) is 5.80. The lowest BCUT2D eigenvalue weighted by Crippen LogP contribution is -2.43. The van der Waals surface area contributed by atoms with Gasteiger partial charge in [0.25, 0.3) is 5.91 Å². The standard InChI is InChI=1S/C17H22N4OS/c22-16(19-13-3-1-2-4-13)12-5-6-14-15(11-12)23-17(20-14)21-9-7-18-8-10-21/h5-6,11,13,18H,1-4,7-10H2,(H,19,22). The molecule has 2 heterocycles. The first-order valence-electron chi connectivity index (χ1n) is 8.47. The normalized spacial score (nSPS) is 19.4. The summed E-state index contributed by atoms with van der Waals surface area (Å²) in [5, 5.41) is 7.58. The number of carbonyl (C=O) groups excluding carboxylic acids is 1. The molecule has 5 nitrogen and oxygen atoms in total. The lowest BCUT2D eigenvalue weighted by atomic mass is 10.1. The molecule has 2 aromatic rings. The molecule has 0 bridgehead atoms. The van der Waals surface area contributed by atoms with Crippen LogP contribution in [0.25, 0.3) is 10.2 Å². The molecule has 2 N–H and O–H groups in total. The second-order valence-corrected chi connectivity index (χ2v) is 7.38. The van der Waals surface area contributed by atoms with Crippen molar-refractivity contribution in [1.29, 1.82) is 0 Å². The third-order valence-electron chi connectivity index (χ3n) is 4.72. The minimum absolute atomic E-state index is 0.0518. The molecule has 1 aliphatic heterocycles. The monoisotopic (exact) mass is 330 g/mol. The van der Waals surface area contributed by atoms with E-state index in [2.05, 4.69) is 15.5 Å². The number of fused-ring (bicyclic) bond motifs is 1. The van der Waals surface area contributed by atoms with Gasteiger partial charge in [-0.2, -0.15) is 0 Å². The second kappa shape index (κ2) is 6.45. The minimum atomic E-state index is 0.0518. The second-order valence-electron chi connectivity index (χ2n) is 6.37. The van der Waals surface area contributed by atoms with Crippen molar-refractivity contribution in [3.63, 3.8) is 0 Å². The fourth-order valence-corrected chi connectivity index (χ4v) is 4.44. The van der Waals surface area contributed by atoms with Gasteiger partial charge in [0.1, 0.15) is 0 Å². The molecule has 0 spiro atoms. The summed E-state index contributed by atoms with van der Waals surface area (Å²) in [4.78, 5) is 19.5. The van der Waals surface area contributed by atoms with E-state index in [0.717, 1.165) is 59.9 Å². The van der Waals surface area contributed by atoms with Gasteiger partial charge < -0.3 is 15.5 Å². The first-order chi connectivity index (χ1) is 11.3. The molecule has 1 saturated heterocycles. The van der Waals surface area contributed by atoms with E-state index in [1.54, 1.807) is 11.3 Å². The van der Waals surface area contributed by atoms with Crippen molar-refractivity contribution in [3.8, 4) is 0 Å². The van der Waals surface area contributed by atoms with Crippen molar-refractivity contribution in [2.45, 2.75) is 31.7 Å². The number of thiazole rings is 1. The summed E-state index contributed by atoms with van der Waals surface area (Å²) in [7, 11) is 0. The highest BCUT2D eigenvalue weighted by molar-refractivity contribution is 7.22. The predicted octanol–water partition coefficient (Wildman–Crippen LogP) is 2.38. The van der Waals surface area contributed by atoms with Gasteiger partial charge in [0, 0.05) is 37.8 Å². The number of anilines is 1. The molecule has 2 fully saturated rings. The molecule has 2 aliphatic rings. The van der Waals surface area contributed by atoms with E-state index in [9.17, 15) is 4.79 Å². The molecular weight excluding hydrogens is 308 g/mol. The van der Waals surface area contributed by atoms with Crippen LogP contribution in [0.2, 0.25) is 0 Å². The van der Waals surface area contributed by atoms with Crippen LogP contribution >= 0.6 is 11.3 Å². The Morgan fingerprint density at radius 3 is 2.83 bits per heavy atom. The lowest BCUT2D eigenvalue weighted by molar-refractivity contribution is 0.0938. The number of aromatic nitrogens is 1. The highest BCUT2D eigenvalue weighted by Crippen LogP contribution is 2.30. The summed E-state index contributed by atoms with van der Waals surface area (Å²) in [5.41, 5.74) is 1.74. The highest BCUT2D eigenvalue weighted by atomic mass is 32.1. The zero-order valence-corrected chi connectivity index (χ0v) is 14.0. The summed E-state index contributed by atoms with van der Waals surface area (Å²) in [6, 6.07) is 6.22. The molecular formula is C17H22N4OS. The Bertz CT molecular complexity index is 702. The first kappa shape index (κ1) is 14.9. The molecule has 23 heavy (non-hydrogen) atoms. The van der Waals surface area contributed by atoms with Gasteiger partial charge >= 0.3 is 0 Å². The predicted molar refractivity (Wildman–Crippen MR) is 94.4 cm³/mol. The maximum Gasteiger partial charge on any atom is 0.251 e. The van der Waals surface area contributed by atoms with Gasteiger partial charge in [-0.15, -0.1) is 0 Å². The minimum Gasteiger partial charge on any atom is -0.349 e. The quantitative estimate of drug-likeness (QED) is 0.907. The van der Waals surface area contributed by atoms with Gasteiger partial charge in [-0.3, -0.25) is 4.79 Å². The zero-order chi connectivity index (χ0) is 15.6. The smallest absolute Gasteiger partial charge is 0.251 e. The maximum atomic E-state index is 12.4. The molecule has 1 aliphatic carbocycles. The van der Waals surface area contributed by atoms with Crippen molar-refractivity contribution >= 4 is 32.6 Å². The van der Waals surface area contributed by atoms with E-state index in [4.69, 9.17) is 4.98 Å². The Morgan fingerprint density at radius 1 is 1.26 bits per heavy atom. The van der Waals surface area contributed by atoms with Crippen LogP contribution in [0.4, 0.5) is 5.13 Å². The van der Waals surface area contributed by atoms with Crippen molar-refractivity contribution in [2.24, 2.45) is 0 Å². The molecule has 1 aromatic carbocycles. The van der Waals surface area contributed by atoms with E-state index >= 15 is 0 Å². The van der Waals surface area contributed by atoms with E-state index in [1.165, 1.54) is 12.8 Å². The third kappa shape index (κ3) is 3.19. The van der Waals surface area contributed by atoms with Crippen LogP contribution in [0.5, 0.6) is 0 Å². The Hall–Kier alpha value is -1.66. The fourth-order valence-electron chi connectivity index (χ4n) is 3.38. The fraction of sp³-hybridized carbons (Fsp3) is 0.529. The lowest BCUT2D eigenvalue weighted by Gasteiger charge is -2.26. The number of amides is 1. The molecule has 0 unspecified atom stereocenters. The van der Waals surface area contributed by atoms with Crippen molar-refractivity contribution in [1.82, 2.24) is 15.6 Å². The van der Waals surface area contributed by atoms with E-state index < -0.39 is 0 Å². The van der Waals surface area contributed by atoms with Crippen molar-refractivity contribution in [3.05, 3.63) is 23.8 Å². The number of hydrogen-bond donors (Lipinski definition) is 2. The van der Waals surface area contributed by atoms with Crippen LogP contribution in [0.3, 0.4) is 0 Å². The number of piperazine rings is 1. The van der Waals surface area contributed by atoms with Crippen LogP contribution in [0.1, 0.15) is 36.0 Å². The summed E-state index contributed by atoms with van der Waals surface area (Å²) < 4.78 is 1.10. The zero-order valence-electron chi connectivity index (χ0n) is 13.2. The van der Waals surface area contributed by atoms with Crippen LogP contribution < -0.4 is 15.5 Å². The maximum absolute atomic E-state index is 12.4. The Balaban J connectivity index is 1.53. The number of nitrogens with zero attached hydrogens (tertiary/aromatic N) is 2. The molecule has 0 radical (unpaired) electrons. The van der Waals surface area contributed by atoms with E-state index in [-0.39, 0.29) is 5.91 Å². The summed E-state index contributed by atoms with van der Waals surface area (Å²) in [5.74, 6) is 0.0518. The summed E-state index contributed by atoms with van der Waals surface area (Å²) in [6.45, 7) is 4.00. The van der Waals surface area contributed by atoms with Gasteiger partial charge in [-0.05, 0) is 31.0 Å². The number of nitrogens with one attached hydrogen (secondary N) is 2. The number of rotatable bonds is 3. The Labute approximate surface area is 140 Å². The largest absolute Gasteiger partial charge is 0.349 e. The van der Waals surface area contributed by atoms with Gasteiger partial charge in [-0.25, -0.2) is 4.98 Å². The van der Waals surface area contributed by atoms with E-state index in [0.29, 0.717) is 6.04 Å². The molecule has 6 heteroatoms. The first-order valence-corrected chi connectivity index (χ1v) is 9.28. The SMILES string of the molecule is O=C(NC1CCCC1)c1ccc2nc(N3CCNCC3)sc2c1. The molecule has 1 amide bonds. The van der Waals surface area contributed by atoms with Crippen LogP contribution in [-0.4, -0.2) is 43.1 Å². The van der Waals surface area contributed by atoms with Crippen LogP contribution in [0, 0.1) is 0 Å². The average molecular weight is 330 g/mol. The highest BCUT2D eigenvalue weighted by Gasteiger charge is 2.19. The van der Waals surface area contributed by atoms with Gasteiger partial charge in [0.2, 0.25) is 0 Å². The summed E-state index contributed by atoms with van der Waals surface area (Å²) >= 11 is 1.69. The van der Waals surface area contributed by atoms with Crippen LogP contribution in [0.15, 0.2) is 18.2 Å². The molecule has 0 atom stereocenters. The molecule has 4 rings (SSSR count). The van der Waals surface area contributed by atoms with Gasteiger partial charge in [-0.1, -0.05) is 24.2 Å². The Morgan fingerprint density at radius 2 is 2.04 bits per heavy atom. The van der Waals surface area contributed by atoms with Gasteiger partial charge in [0.15, 0.2) is 5.13 Å². The van der Waals surface area contributed by atoms with Gasteiger partial charge in [0.05, 0.1) is 10.2 Å². The topological polar surface area (TPSA) is 57.3 Å². The summed E-state index contributed by atoms with van der Waals surface area (Å²) in [6.07, 6.45) is 4.68. The van der Waals surface area contributed by atoms with E-state index in [1.807, 2.05) is 18.2 Å². The average Bonchev–Trinajstić information content (AvgIpc) is 3.24. The Kier molecular flexibility index (Phi) is 4.18. The molecule has 1 aromatic heterocycles. The van der Waals surface area contributed by atoms with Crippen molar-refractivity contribution < 1.29 is 4.79 Å².